The highest BCUT2D eigenvalue weighted by atomic mass is 35.5. The fourth-order valence-corrected chi connectivity index (χ4v) is 3.27. The normalized spacial score (nSPS) is 11.1. The Morgan fingerprint density at radius 3 is 2.81 bits per heavy atom. The van der Waals surface area contributed by atoms with Crippen molar-refractivity contribution in [2.24, 2.45) is 7.05 Å². The maximum Gasteiger partial charge on any atom is 0.305 e. The molecular formula is C20H21ClN8O2. The van der Waals surface area contributed by atoms with Crippen LogP contribution in [0.5, 0.6) is 6.01 Å². The Morgan fingerprint density at radius 1 is 1.19 bits per heavy atom. The van der Waals surface area contributed by atoms with E-state index in [1.807, 2.05) is 31.2 Å². The molecule has 0 spiro atoms. The molecule has 4 rings (SSSR count). The molecular weight excluding hydrogens is 420 g/mol. The SMILES string of the molecule is CCCCC(=O)Nc1cccc(COc2nc3c(Cl)cccc3n2-c2nnnn2C)n1. The van der Waals surface area contributed by atoms with Crippen LogP contribution >= 0.6 is 11.6 Å². The van der Waals surface area contributed by atoms with Crippen molar-refractivity contribution in [3.05, 3.63) is 47.1 Å². The molecule has 1 amide bonds. The van der Waals surface area contributed by atoms with E-state index in [1.54, 1.807) is 23.7 Å². The number of carbonyl (C=O) groups is 1. The summed E-state index contributed by atoms with van der Waals surface area (Å²) in [7, 11) is 1.72. The van der Waals surface area contributed by atoms with E-state index in [2.05, 4.69) is 30.8 Å². The van der Waals surface area contributed by atoms with Gasteiger partial charge in [-0.3, -0.25) is 4.79 Å². The highest BCUT2D eigenvalue weighted by Crippen LogP contribution is 2.29. The molecule has 0 unspecified atom stereocenters. The summed E-state index contributed by atoms with van der Waals surface area (Å²) in [6, 6.07) is 11.1. The third kappa shape index (κ3) is 4.48. The monoisotopic (exact) mass is 440 g/mol. The lowest BCUT2D eigenvalue weighted by Crippen LogP contribution is -2.13. The van der Waals surface area contributed by atoms with Crippen molar-refractivity contribution in [2.45, 2.75) is 32.8 Å². The Hall–Kier alpha value is -3.53. The number of nitrogens with zero attached hydrogens (tertiary/aromatic N) is 7. The molecule has 0 radical (unpaired) electrons. The fourth-order valence-electron chi connectivity index (χ4n) is 3.06. The number of unbranched alkanes of at least 4 members (excludes halogenated alkanes) is 1. The Morgan fingerprint density at radius 2 is 2.03 bits per heavy atom. The molecule has 160 valence electrons. The van der Waals surface area contributed by atoms with Gasteiger partial charge in [-0.15, -0.1) is 0 Å². The molecule has 0 saturated heterocycles. The maximum absolute atomic E-state index is 12.0. The molecule has 10 nitrogen and oxygen atoms in total. The number of aryl methyl sites for hydroxylation is 1. The molecule has 0 aliphatic heterocycles. The Labute approximate surface area is 183 Å². The van der Waals surface area contributed by atoms with E-state index < -0.39 is 0 Å². The highest BCUT2D eigenvalue weighted by molar-refractivity contribution is 6.35. The average Bonchev–Trinajstić information content (AvgIpc) is 3.34. The molecule has 31 heavy (non-hydrogen) atoms. The molecule has 0 aliphatic rings. The van der Waals surface area contributed by atoms with Crippen LogP contribution in [0.4, 0.5) is 5.82 Å². The molecule has 11 heteroatoms. The Kier molecular flexibility index (Phi) is 6.08. The van der Waals surface area contributed by atoms with Crippen LogP contribution in [0, 0.1) is 0 Å². The molecule has 4 aromatic rings. The average molecular weight is 441 g/mol. The van der Waals surface area contributed by atoms with Crippen molar-refractivity contribution in [2.75, 3.05) is 5.32 Å². The van der Waals surface area contributed by atoms with E-state index in [0.29, 0.717) is 39.9 Å². The number of halogens is 1. The Balaban J connectivity index is 1.59. The van der Waals surface area contributed by atoms with Gasteiger partial charge in [0, 0.05) is 13.5 Å². The summed E-state index contributed by atoms with van der Waals surface area (Å²) in [4.78, 5) is 21.0. The minimum atomic E-state index is -0.0568. The van der Waals surface area contributed by atoms with Crippen molar-refractivity contribution in [1.29, 1.82) is 0 Å². The van der Waals surface area contributed by atoms with Gasteiger partial charge in [-0.1, -0.05) is 42.2 Å². The van der Waals surface area contributed by atoms with Crippen LogP contribution in [-0.4, -0.2) is 40.6 Å². The first-order chi connectivity index (χ1) is 15.1. The zero-order valence-corrected chi connectivity index (χ0v) is 17.9. The lowest BCUT2D eigenvalue weighted by Gasteiger charge is -2.09. The van der Waals surface area contributed by atoms with E-state index >= 15 is 0 Å². The number of pyridine rings is 1. The smallest absolute Gasteiger partial charge is 0.305 e. The number of ether oxygens (including phenoxy) is 1. The zero-order chi connectivity index (χ0) is 21.8. The summed E-state index contributed by atoms with van der Waals surface area (Å²) < 4.78 is 9.18. The maximum atomic E-state index is 12.0. The van der Waals surface area contributed by atoms with Crippen LogP contribution in [0.1, 0.15) is 31.9 Å². The number of tetrazole rings is 1. The first kappa shape index (κ1) is 20.7. The van der Waals surface area contributed by atoms with Crippen molar-refractivity contribution in [3.63, 3.8) is 0 Å². The highest BCUT2D eigenvalue weighted by Gasteiger charge is 2.20. The van der Waals surface area contributed by atoms with E-state index in [0.717, 1.165) is 12.8 Å². The van der Waals surface area contributed by atoms with Crippen LogP contribution in [-0.2, 0) is 18.4 Å². The minimum absolute atomic E-state index is 0.0568. The van der Waals surface area contributed by atoms with Gasteiger partial charge in [-0.25, -0.2) is 14.2 Å². The summed E-state index contributed by atoms with van der Waals surface area (Å²) in [6.07, 6.45) is 2.26. The number of nitrogens with one attached hydrogen (secondary N) is 1. The molecule has 0 saturated carbocycles. The first-order valence-corrected chi connectivity index (χ1v) is 10.2. The number of anilines is 1. The number of benzene rings is 1. The second kappa shape index (κ2) is 9.09. The van der Waals surface area contributed by atoms with E-state index in [1.165, 1.54) is 4.68 Å². The number of carbonyl (C=O) groups excluding carboxylic acids is 1. The molecule has 1 aromatic carbocycles. The topological polar surface area (TPSA) is 113 Å². The molecule has 0 atom stereocenters. The summed E-state index contributed by atoms with van der Waals surface area (Å²) >= 11 is 6.32. The number of fused-ring (bicyclic) bond motifs is 1. The predicted molar refractivity (Wildman–Crippen MR) is 115 cm³/mol. The fraction of sp³-hybridized carbons (Fsp3) is 0.300. The van der Waals surface area contributed by atoms with Gasteiger partial charge in [-0.05, 0) is 41.1 Å². The largest absolute Gasteiger partial charge is 0.458 e. The summed E-state index contributed by atoms with van der Waals surface area (Å²) in [6.45, 7) is 2.17. The predicted octanol–water partition coefficient (Wildman–Crippen LogP) is 3.31. The van der Waals surface area contributed by atoms with Gasteiger partial charge in [-0.2, -0.15) is 4.98 Å². The number of para-hydroxylation sites is 1. The molecule has 3 heterocycles. The van der Waals surface area contributed by atoms with Gasteiger partial charge >= 0.3 is 6.01 Å². The zero-order valence-electron chi connectivity index (χ0n) is 17.1. The number of hydrogen-bond donors (Lipinski definition) is 1. The van der Waals surface area contributed by atoms with Gasteiger partial charge in [0.2, 0.25) is 5.91 Å². The standard InChI is InChI=1S/C20H21ClN8O2/c1-3-4-11-17(30)23-16-10-5-7-13(22-16)12-31-20-24-18-14(21)8-6-9-15(18)29(20)19-25-26-27-28(19)2/h5-10H,3-4,11-12H2,1-2H3,(H,22,23,30). The Bertz CT molecular complexity index is 1220. The van der Waals surface area contributed by atoms with Gasteiger partial charge in [0.1, 0.15) is 17.9 Å². The van der Waals surface area contributed by atoms with Crippen LogP contribution in [0.25, 0.3) is 17.0 Å². The number of imidazole rings is 1. The molecule has 0 bridgehead atoms. The number of aromatic nitrogens is 7. The van der Waals surface area contributed by atoms with E-state index in [4.69, 9.17) is 16.3 Å². The van der Waals surface area contributed by atoms with Crippen molar-refractivity contribution < 1.29 is 9.53 Å². The number of rotatable bonds is 8. The number of amides is 1. The molecule has 0 fully saturated rings. The van der Waals surface area contributed by atoms with Crippen LogP contribution in [0.2, 0.25) is 5.02 Å². The van der Waals surface area contributed by atoms with Gasteiger partial charge in [0.05, 0.1) is 16.2 Å². The van der Waals surface area contributed by atoms with Crippen molar-refractivity contribution >= 4 is 34.4 Å². The minimum Gasteiger partial charge on any atom is -0.458 e. The number of hydrogen-bond acceptors (Lipinski definition) is 7. The van der Waals surface area contributed by atoms with Crippen LogP contribution < -0.4 is 10.1 Å². The van der Waals surface area contributed by atoms with Crippen LogP contribution in [0.15, 0.2) is 36.4 Å². The molecule has 3 aromatic heterocycles. The van der Waals surface area contributed by atoms with E-state index in [9.17, 15) is 4.79 Å². The molecule has 0 aliphatic carbocycles. The third-order valence-electron chi connectivity index (χ3n) is 4.58. The summed E-state index contributed by atoms with van der Waals surface area (Å²) in [5.74, 6) is 0.861. The molecule has 1 N–H and O–H groups in total. The summed E-state index contributed by atoms with van der Waals surface area (Å²) in [5, 5.41) is 15.0. The summed E-state index contributed by atoms with van der Waals surface area (Å²) in [5.41, 5.74) is 1.92. The third-order valence-corrected chi connectivity index (χ3v) is 4.89. The van der Waals surface area contributed by atoms with Crippen molar-refractivity contribution in [1.82, 2.24) is 34.7 Å². The van der Waals surface area contributed by atoms with Gasteiger partial charge in [0.25, 0.3) is 5.95 Å². The van der Waals surface area contributed by atoms with Crippen molar-refractivity contribution in [3.8, 4) is 12.0 Å². The van der Waals surface area contributed by atoms with Gasteiger partial charge in [0.15, 0.2) is 0 Å². The second-order valence-corrected chi connectivity index (χ2v) is 7.30. The first-order valence-electron chi connectivity index (χ1n) is 9.85. The lowest BCUT2D eigenvalue weighted by atomic mass is 10.2. The van der Waals surface area contributed by atoms with E-state index in [-0.39, 0.29) is 18.5 Å². The van der Waals surface area contributed by atoms with Crippen LogP contribution in [0.3, 0.4) is 0 Å². The van der Waals surface area contributed by atoms with Gasteiger partial charge < -0.3 is 10.1 Å². The lowest BCUT2D eigenvalue weighted by molar-refractivity contribution is -0.116. The quantitative estimate of drug-likeness (QED) is 0.447. The second-order valence-electron chi connectivity index (χ2n) is 6.89.